The summed E-state index contributed by atoms with van der Waals surface area (Å²) in [5, 5.41) is 2.38. The first kappa shape index (κ1) is 15.7. The largest absolute Gasteiger partial charge is 0.460 e. The molecular weight excluding hydrogens is 238 g/mol. The molecule has 0 aliphatic rings. The Morgan fingerprint density at radius 2 is 2.17 bits per heavy atom. The van der Waals surface area contributed by atoms with Crippen LogP contribution >= 0.6 is 0 Å². The Labute approximate surface area is 104 Å². The molecule has 98 valence electrons. The van der Waals surface area contributed by atoms with Gasteiger partial charge in [0.15, 0.2) is 0 Å². The second kappa shape index (κ2) is 8.83. The summed E-state index contributed by atoms with van der Waals surface area (Å²) >= 11 is 0. The van der Waals surface area contributed by atoms with Crippen molar-refractivity contribution in [2.75, 3.05) is 6.61 Å². The van der Waals surface area contributed by atoms with Gasteiger partial charge < -0.3 is 15.6 Å². The predicted octanol–water partition coefficient (Wildman–Crippen LogP) is -0.130. The monoisotopic (exact) mass is 253 g/mol. The van der Waals surface area contributed by atoms with Crippen molar-refractivity contribution in [2.45, 2.75) is 25.8 Å². The molecule has 0 radical (unpaired) electrons. The molecule has 0 saturated carbocycles. The molecule has 0 spiro atoms. The molecule has 7 nitrogen and oxygen atoms in total. The van der Waals surface area contributed by atoms with E-state index in [4.69, 9.17) is 10.3 Å². The normalized spacial score (nSPS) is 10.7. The summed E-state index contributed by atoms with van der Waals surface area (Å²) in [5.74, 6) is -1.50. The molecule has 18 heavy (non-hydrogen) atoms. The predicted molar refractivity (Wildman–Crippen MR) is 62.7 cm³/mol. The second-order valence-electron chi connectivity index (χ2n) is 3.42. The summed E-state index contributed by atoms with van der Waals surface area (Å²) in [5.41, 5.74) is 8.15. The quantitative estimate of drug-likeness (QED) is 0.213. The van der Waals surface area contributed by atoms with Crippen LogP contribution in [0.4, 0.5) is 0 Å². The lowest BCUT2D eigenvalue weighted by Gasteiger charge is -2.15. The van der Waals surface area contributed by atoms with Gasteiger partial charge in [-0.2, -0.15) is 4.79 Å². The third kappa shape index (κ3) is 7.08. The Balaban J connectivity index is 4.43. The maximum Gasteiger partial charge on any atom is 0.328 e. The van der Waals surface area contributed by atoms with Crippen molar-refractivity contribution in [3.63, 3.8) is 0 Å². The van der Waals surface area contributed by atoms with E-state index in [1.165, 1.54) is 13.0 Å². The number of nitrogens with one attached hydrogen (secondary N) is 1. The molecule has 0 heterocycles. The molecule has 0 aromatic carbocycles. The van der Waals surface area contributed by atoms with Crippen molar-refractivity contribution in [3.8, 4) is 0 Å². The van der Waals surface area contributed by atoms with Gasteiger partial charge in [-0.1, -0.05) is 12.7 Å². The zero-order valence-electron chi connectivity index (χ0n) is 10.1. The highest BCUT2D eigenvalue weighted by atomic mass is 16.5. The molecule has 1 amide bonds. The average molecular weight is 253 g/mol. The van der Waals surface area contributed by atoms with E-state index in [0.29, 0.717) is 0 Å². The molecule has 0 unspecified atom stereocenters. The number of nitrogens with zero attached hydrogens (tertiary/aromatic N) is 2. The highest BCUT2D eigenvalue weighted by Gasteiger charge is 2.22. The van der Waals surface area contributed by atoms with Gasteiger partial charge in [0.1, 0.15) is 12.6 Å². The molecule has 0 aromatic heterocycles. The van der Waals surface area contributed by atoms with Crippen LogP contribution in [-0.2, 0) is 19.1 Å². The second-order valence-corrected chi connectivity index (χ2v) is 3.42. The van der Waals surface area contributed by atoms with Crippen molar-refractivity contribution in [2.24, 2.45) is 0 Å². The van der Waals surface area contributed by atoms with Crippen molar-refractivity contribution in [3.05, 3.63) is 18.2 Å². The number of esters is 1. The van der Waals surface area contributed by atoms with Crippen LogP contribution in [0.2, 0.25) is 0 Å². The molecular formula is C11H15N3O4. The topological polar surface area (TPSA) is 109 Å². The van der Waals surface area contributed by atoms with E-state index in [0.717, 1.165) is 6.21 Å². The maximum atomic E-state index is 11.5. The number of hydrogen-bond donors (Lipinski definition) is 1. The van der Waals surface area contributed by atoms with Gasteiger partial charge in [0, 0.05) is 13.3 Å². The van der Waals surface area contributed by atoms with Crippen LogP contribution in [-0.4, -0.2) is 41.3 Å². The summed E-state index contributed by atoms with van der Waals surface area (Å²) in [7, 11) is 0. The van der Waals surface area contributed by atoms with E-state index >= 15 is 0 Å². The smallest absolute Gasteiger partial charge is 0.328 e. The minimum atomic E-state index is -0.904. The van der Waals surface area contributed by atoms with E-state index in [1.54, 1.807) is 0 Å². The summed E-state index contributed by atoms with van der Waals surface area (Å²) in [6.07, 6.45) is 2.16. The highest BCUT2D eigenvalue weighted by molar-refractivity contribution is 6.25. The van der Waals surface area contributed by atoms with Gasteiger partial charge >= 0.3 is 12.2 Å². The molecule has 0 rings (SSSR count). The van der Waals surface area contributed by atoms with E-state index in [1.807, 2.05) is 0 Å². The number of amides is 1. The Kier molecular flexibility index (Phi) is 7.72. The lowest BCUT2D eigenvalue weighted by Crippen LogP contribution is -2.41. The number of rotatable bonds is 8. The number of ketones is 1. The number of carbonyl (C=O) groups is 3. The standard InChI is InChI=1S/C11H15N3O4/c1-3-6-18-11(17)10(14-8(2)15)5-4-9(16)7-13-12/h3,7,10H,1,4-6H2,2H3,(H,14,15)/t10-/m0/s1. The van der Waals surface area contributed by atoms with Crippen molar-refractivity contribution >= 4 is 23.9 Å². The van der Waals surface area contributed by atoms with Crippen LogP contribution in [0.1, 0.15) is 19.8 Å². The van der Waals surface area contributed by atoms with Crippen LogP contribution in [0.3, 0.4) is 0 Å². The molecule has 1 N–H and O–H groups in total. The molecule has 0 saturated heterocycles. The molecule has 7 heteroatoms. The van der Waals surface area contributed by atoms with E-state index < -0.39 is 23.7 Å². The van der Waals surface area contributed by atoms with Gasteiger partial charge in [-0.15, -0.1) is 0 Å². The Morgan fingerprint density at radius 3 is 2.67 bits per heavy atom. The molecule has 0 aliphatic heterocycles. The van der Waals surface area contributed by atoms with E-state index in [2.05, 4.69) is 16.7 Å². The van der Waals surface area contributed by atoms with Crippen LogP contribution in [0, 0.1) is 0 Å². The third-order valence-electron chi connectivity index (χ3n) is 1.89. The first-order chi connectivity index (χ1) is 8.51. The van der Waals surface area contributed by atoms with Gasteiger partial charge in [0.25, 0.3) is 0 Å². The molecule has 0 fully saturated rings. The summed E-state index contributed by atoms with van der Waals surface area (Å²) < 4.78 is 4.78. The Morgan fingerprint density at radius 1 is 1.50 bits per heavy atom. The van der Waals surface area contributed by atoms with Crippen LogP contribution in [0.25, 0.3) is 5.53 Å². The summed E-state index contributed by atoms with van der Waals surface area (Å²) in [6.45, 7) is 4.67. The van der Waals surface area contributed by atoms with E-state index in [9.17, 15) is 14.4 Å². The number of carbonyl (C=O) groups excluding carboxylic acids is 3. The lowest BCUT2D eigenvalue weighted by atomic mass is 10.1. The average Bonchev–Trinajstić information content (AvgIpc) is 2.31. The van der Waals surface area contributed by atoms with Gasteiger partial charge in [0.05, 0.1) is 0 Å². The first-order valence-corrected chi connectivity index (χ1v) is 5.26. The number of hydrogen-bond acceptors (Lipinski definition) is 4. The number of ether oxygens (including phenoxy) is 1. The van der Waals surface area contributed by atoms with Gasteiger partial charge in [-0.25, -0.2) is 4.79 Å². The Hall–Kier alpha value is -2.27. The number of Topliss-reactive ketones (excluding diaryl/α,β-unsaturated/α-hetero) is 1. The van der Waals surface area contributed by atoms with Crippen molar-refractivity contribution in [1.29, 1.82) is 0 Å². The SMILES string of the molecule is C=CCOC(=O)[C@H](CCC(=O)C=[N+]=[N-])NC(C)=O. The van der Waals surface area contributed by atoms with Gasteiger partial charge in [-0.3, -0.25) is 9.59 Å². The van der Waals surface area contributed by atoms with Gasteiger partial charge in [0.2, 0.25) is 11.7 Å². The Bertz CT molecular complexity index is 386. The zero-order valence-corrected chi connectivity index (χ0v) is 10.1. The third-order valence-corrected chi connectivity index (χ3v) is 1.89. The fourth-order valence-electron chi connectivity index (χ4n) is 1.15. The first-order valence-electron chi connectivity index (χ1n) is 5.26. The van der Waals surface area contributed by atoms with E-state index in [-0.39, 0.29) is 19.4 Å². The van der Waals surface area contributed by atoms with Crippen molar-refractivity contribution < 1.29 is 23.9 Å². The van der Waals surface area contributed by atoms with Crippen LogP contribution < -0.4 is 5.32 Å². The molecule has 1 atom stereocenters. The molecule has 0 aliphatic carbocycles. The summed E-state index contributed by atoms with van der Waals surface area (Å²) in [6, 6.07) is -0.904. The zero-order chi connectivity index (χ0) is 14.0. The molecule has 0 bridgehead atoms. The van der Waals surface area contributed by atoms with Crippen LogP contribution in [0.5, 0.6) is 0 Å². The fraction of sp³-hybridized carbons (Fsp3) is 0.455. The lowest BCUT2D eigenvalue weighted by molar-refractivity contribution is -0.146. The van der Waals surface area contributed by atoms with Crippen LogP contribution in [0.15, 0.2) is 12.7 Å². The minimum Gasteiger partial charge on any atom is -0.460 e. The van der Waals surface area contributed by atoms with Gasteiger partial charge in [-0.05, 0) is 6.42 Å². The maximum absolute atomic E-state index is 11.5. The van der Waals surface area contributed by atoms with Crippen molar-refractivity contribution in [1.82, 2.24) is 5.32 Å². The fourth-order valence-corrected chi connectivity index (χ4v) is 1.15. The molecule has 0 aromatic rings. The summed E-state index contributed by atoms with van der Waals surface area (Å²) in [4.78, 5) is 36.1. The minimum absolute atomic E-state index is 0.0287. The highest BCUT2D eigenvalue weighted by Crippen LogP contribution is 2.01.